The molecule has 1 aromatic rings. The topological polar surface area (TPSA) is 61.0 Å². The molecule has 0 radical (unpaired) electrons. The van der Waals surface area contributed by atoms with Crippen LogP contribution >= 0.6 is 0 Å². The first-order valence-corrected chi connectivity index (χ1v) is 6.69. The molecular formula is C13H22N4O. The lowest BCUT2D eigenvalue weighted by atomic mass is 10.1. The smallest absolute Gasteiger partial charge is 0.237 e. The molecule has 0 aromatic carbocycles. The molecule has 0 aliphatic carbocycles. The number of hydrogen-bond donors (Lipinski definition) is 2. The van der Waals surface area contributed by atoms with E-state index in [2.05, 4.69) is 20.2 Å². The van der Waals surface area contributed by atoms with Gasteiger partial charge in [0.25, 0.3) is 0 Å². The van der Waals surface area contributed by atoms with Crippen molar-refractivity contribution in [2.24, 2.45) is 0 Å². The molecule has 2 N–H and O–H groups in total. The van der Waals surface area contributed by atoms with Crippen molar-refractivity contribution in [2.75, 3.05) is 13.1 Å². The number of nitrogens with one attached hydrogen (secondary N) is 2. The van der Waals surface area contributed by atoms with Crippen molar-refractivity contribution < 1.29 is 4.79 Å². The Morgan fingerprint density at radius 3 is 2.83 bits per heavy atom. The van der Waals surface area contributed by atoms with Crippen LogP contribution in [-0.4, -0.2) is 39.9 Å². The minimum atomic E-state index is -0.0375. The molecule has 2 rings (SSSR count). The summed E-state index contributed by atoms with van der Waals surface area (Å²) in [7, 11) is 0. The second-order valence-electron chi connectivity index (χ2n) is 4.96. The highest BCUT2D eigenvalue weighted by Gasteiger charge is 2.22. The van der Waals surface area contributed by atoms with E-state index in [4.69, 9.17) is 0 Å². The highest BCUT2D eigenvalue weighted by molar-refractivity contribution is 5.81. The molecule has 5 nitrogen and oxygen atoms in total. The number of aromatic nitrogens is 2. The first-order valence-electron chi connectivity index (χ1n) is 6.69. The Kier molecular flexibility index (Phi) is 4.36. The minimum Gasteiger partial charge on any atom is -0.349 e. The van der Waals surface area contributed by atoms with E-state index in [1.54, 1.807) is 6.33 Å². The van der Waals surface area contributed by atoms with Gasteiger partial charge in [0.2, 0.25) is 5.91 Å². The lowest BCUT2D eigenvalue weighted by Crippen LogP contribution is -2.47. The van der Waals surface area contributed by atoms with Crippen molar-refractivity contribution >= 4 is 5.91 Å². The number of carbonyl (C=O) groups is 1. The van der Waals surface area contributed by atoms with Crippen LogP contribution in [0.15, 0.2) is 6.33 Å². The molecule has 5 heteroatoms. The van der Waals surface area contributed by atoms with Gasteiger partial charge in [0.1, 0.15) is 0 Å². The van der Waals surface area contributed by atoms with Gasteiger partial charge in [-0.25, -0.2) is 4.98 Å². The van der Waals surface area contributed by atoms with Crippen molar-refractivity contribution in [3.63, 3.8) is 0 Å². The number of likely N-dealkylation sites (tertiary alicyclic amines) is 1. The van der Waals surface area contributed by atoms with Crippen molar-refractivity contribution in [1.29, 1.82) is 0 Å². The van der Waals surface area contributed by atoms with Gasteiger partial charge in [-0.3, -0.25) is 9.69 Å². The van der Waals surface area contributed by atoms with E-state index in [1.807, 2.05) is 13.8 Å². The molecule has 0 spiro atoms. The van der Waals surface area contributed by atoms with Crippen molar-refractivity contribution in [3.05, 3.63) is 17.7 Å². The summed E-state index contributed by atoms with van der Waals surface area (Å²) in [5.74, 6) is 0.0966. The summed E-state index contributed by atoms with van der Waals surface area (Å²) in [6.45, 7) is 6.53. The van der Waals surface area contributed by atoms with Crippen LogP contribution in [0.5, 0.6) is 0 Å². The van der Waals surface area contributed by atoms with Gasteiger partial charge in [0.05, 0.1) is 24.6 Å². The summed E-state index contributed by atoms with van der Waals surface area (Å²) in [4.78, 5) is 21.5. The zero-order valence-electron chi connectivity index (χ0n) is 11.2. The van der Waals surface area contributed by atoms with E-state index >= 15 is 0 Å². The molecule has 2 heterocycles. The molecule has 1 aromatic heterocycles. The Hall–Kier alpha value is -1.36. The van der Waals surface area contributed by atoms with Crippen LogP contribution in [-0.2, 0) is 11.3 Å². The third-order valence-corrected chi connectivity index (χ3v) is 3.68. The Morgan fingerprint density at radius 1 is 1.50 bits per heavy atom. The van der Waals surface area contributed by atoms with E-state index in [9.17, 15) is 4.79 Å². The maximum absolute atomic E-state index is 12.1. The zero-order chi connectivity index (χ0) is 13.0. The molecule has 100 valence electrons. The number of piperidine rings is 1. The van der Waals surface area contributed by atoms with Crippen molar-refractivity contribution in [3.8, 4) is 0 Å². The maximum Gasteiger partial charge on any atom is 0.237 e. The SMILES string of the molecule is Cc1[nH]cnc1CNC(=O)[C@H](C)N1CCCCC1. The fourth-order valence-corrected chi connectivity index (χ4v) is 2.36. The maximum atomic E-state index is 12.1. The number of H-pyrrole nitrogens is 1. The van der Waals surface area contributed by atoms with Gasteiger partial charge in [0.15, 0.2) is 0 Å². The zero-order valence-corrected chi connectivity index (χ0v) is 11.2. The molecule has 1 amide bonds. The Balaban J connectivity index is 1.82. The number of nitrogens with zero attached hydrogens (tertiary/aromatic N) is 2. The Labute approximate surface area is 108 Å². The Morgan fingerprint density at radius 2 is 2.22 bits per heavy atom. The van der Waals surface area contributed by atoms with Crippen LogP contribution in [0.3, 0.4) is 0 Å². The fraction of sp³-hybridized carbons (Fsp3) is 0.692. The first-order chi connectivity index (χ1) is 8.68. The lowest BCUT2D eigenvalue weighted by Gasteiger charge is -2.31. The van der Waals surface area contributed by atoms with Crippen LogP contribution < -0.4 is 5.32 Å². The predicted octanol–water partition coefficient (Wildman–Crippen LogP) is 1.21. The van der Waals surface area contributed by atoms with Crippen LogP contribution in [0, 0.1) is 6.92 Å². The van der Waals surface area contributed by atoms with E-state index in [0.29, 0.717) is 6.54 Å². The molecule has 0 unspecified atom stereocenters. The third-order valence-electron chi connectivity index (χ3n) is 3.68. The average molecular weight is 250 g/mol. The van der Waals surface area contributed by atoms with E-state index < -0.39 is 0 Å². The summed E-state index contributed by atoms with van der Waals surface area (Å²) in [5.41, 5.74) is 1.93. The summed E-state index contributed by atoms with van der Waals surface area (Å²) in [5, 5.41) is 2.96. The minimum absolute atomic E-state index is 0.0375. The van der Waals surface area contributed by atoms with Crippen molar-refractivity contribution in [1.82, 2.24) is 20.2 Å². The number of amides is 1. The number of carbonyl (C=O) groups excluding carboxylic acids is 1. The quantitative estimate of drug-likeness (QED) is 0.844. The van der Waals surface area contributed by atoms with Crippen LogP contribution in [0.2, 0.25) is 0 Å². The number of rotatable bonds is 4. The van der Waals surface area contributed by atoms with Gasteiger partial charge in [-0.1, -0.05) is 6.42 Å². The Bertz CT molecular complexity index is 395. The highest BCUT2D eigenvalue weighted by Crippen LogP contribution is 2.12. The first kappa shape index (κ1) is 13.1. The molecule has 1 fully saturated rings. The molecule has 1 aliphatic heterocycles. The summed E-state index contributed by atoms with van der Waals surface area (Å²) >= 11 is 0. The lowest BCUT2D eigenvalue weighted by molar-refractivity contribution is -0.126. The molecule has 1 aliphatic rings. The molecular weight excluding hydrogens is 228 g/mol. The molecule has 1 saturated heterocycles. The van der Waals surface area contributed by atoms with Gasteiger partial charge in [0, 0.05) is 5.69 Å². The molecule has 1 atom stereocenters. The normalized spacial score (nSPS) is 18.6. The number of aromatic amines is 1. The van der Waals surface area contributed by atoms with Gasteiger partial charge in [-0.2, -0.15) is 0 Å². The monoisotopic (exact) mass is 250 g/mol. The second kappa shape index (κ2) is 6.00. The average Bonchev–Trinajstić information content (AvgIpc) is 2.81. The second-order valence-corrected chi connectivity index (χ2v) is 4.96. The van der Waals surface area contributed by atoms with Gasteiger partial charge >= 0.3 is 0 Å². The largest absolute Gasteiger partial charge is 0.349 e. The van der Waals surface area contributed by atoms with Crippen molar-refractivity contribution in [2.45, 2.75) is 45.7 Å². The van der Waals surface area contributed by atoms with Gasteiger partial charge in [-0.05, 0) is 39.8 Å². The number of hydrogen-bond acceptors (Lipinski definition) is 3. The predicted molar refractivity (Wildman–Crippen MR) is 70.1 cm³/mol. The van der Waals surface area contributed by atoms with Crippen LogP contribution in [0.25, 0.3) is 0 Å². The highest BCUT2D eigenvalue weighted by atomic mass is 16.2. The van der Waals surface area contributed by atoms with Gasteiger partial charge in [-0.15, -0.1) is 0 Å². The van der Waals surface area contributed by atoms with Crippen LogP contribution in [0.4, 0.5) is 0 Å². The standard InChI is InChI=1S/C13H22N4O/c1-10-12(16-9-15-10)8-14-13(18)11(2)17-6-4-3-5-7-17/h9,11H,3-8H2,1-2H3,(H,14,18)(H,15,16)/t11-/m0/s1. The third kappa shape index (κ3) is 3.10. The summed E-state index contributed by atoms with van der Waals surface area (Å²) in [6.07, 6.45) is 5.36. The molecule has 0 saturated carbocycles. The van der Waals surface area contributed by atoms with E-state index in [0.717, 1.165) is 24.5 Å². The van der Waals surface area contributed by atoms with E-state index in [-0.39, 0.29) is 11.9 Å². The summed E-state index contributed by atoms with van der Waals surface area (Å²) in [6, 6.07) is -0.0375. The number of imidazole rings is 1. The number of aryl methyl sites for hydroxylation is 1. The fourth-order valence-electron chi connectivity index (χ4n) is 2.36. The van der Waals surface area contributed by atoms with E-state index in [1.165, 1.54) is 19.3 Å². The van der Waals surface area contributed by atoms with Crippen LogP contribution in [0.1, 0.15) is 37.6 Å². The molecule has 0 bridgehead atoms. The molecule has 18 heavy (non-hydrogen) atoms. The van der Waals surface area contributed by atoms with Gasteiger partial charge < -0.3 is 10.3 Å². The summed E-state index contributed by atoms with van der Waals surface area (Å²) < 4.78 is 0.